The molecular weight excluding hydrogens is 290 g/mol. The molecule has 1 heterocycles. The average Bonchev–Trinajstić information content (AvgIpc) is 2.87. The van der Waals surface area contributed by atoms with Gasteiger partial charge in [0.05, 0.1) is 11.3 Å². The molecule has 0 saturated heterocycles. The van der Waals surface area contributed by atoms with Crippen molar-refractivity contribution in [2.24, 2.45) is 0 Å². The number of carbonyl (C=O) groups is 2. The third-order valence-corrected chi connectivity index (χ3v) is 3.72. The van der Waals surface area contributed by atoms with Gasteiger partial charge in [-0.25, -0.2) is 4.79 Å². The van der Waals surface area contributed by atoms with Gasteiger partial charge in [0.1, 0.15) is 4.88 Å². The zero-order chi connectivity index (χ0) is 15.6. The SMILES string of the molecule is Cc1cc(NC(=O)c2snnc2C(C)C)ccc1C(=O)O. The zero-order valence-corrected chi connectivity index (χ0v) is 12.7. The summed E-state index contributed by atoms with van der Waals surface area (Å²) >= 11 is 1.05. The molecule has 0 radical (unpaired) electrons. The average molecular weight is 305 g/mol. The number of carboxylic acids is 1. The van der Waals surface area contributed by atoms with E-state index in [1.807, 2.05) is 13.8 Å². The van der Waals surface area contributed by atoms with Crippen LogP contribution in [0, 0.1) is 6.92 Å². The number of nitrogens with zero attached hydrogens (tertiary/aromatic N) is 2. The Kier molecular flexibility index (Phi) is 4.32. The summed E-state index contributed by atoms with van der Waals surface area (Å²) in [5.41, 5.74) is 2.02. The molecule has 0 fully saturated rings. The van der Waals surface area contributed by atoms with Gasteiger partial charge in [-0.3, -0.25) is 4.79 Å². The molecule has 0 aliphatic heterocycles. The summed E-state index contributed by atoms with van der Waals surface area (Å²) in [6.07, 6.45) is 0. The Balaban J connectivity index is 2.22. The molecule has 6 nitrogen and oxygen atoms in total. The smallest absolute Gasteiger partial charge is 0.335 e. The molecule has 0 atom stereocenters. The number of carbonyl (C=O) groups excluding carboxylic acids is 1. The Bertz CT molecular complexity index is 695. The van der Waals surface area contributed by atoms with E-state index in [0.29, 0.717) is 21.8 Å². The quantitative estimate of drug-likeness (QED) is 0.906. The maximum Gasteiger partial charge on any atom is 0.335 e. The van der Waals surface area contributed by atoms with E-state index in [4.69, 9.17) is 5.11 Å². The fourth-order valence-electron chi connectivity index (χ4n) is 1.90. The van der Waals surface area contributed by atoms with E-state index < -0.39 is 5.97 Å². The second kappa shape index (κ2) is 6.01. The van der Waals surface area contributed by atoms with Crippen LogP contribution in [0.4, 0.5) is 5.69 Å². The number of benzene rings is 1. The molecule has 0 spiro atoms. The molecule has 7 heteroatoms. The molecule has 0 aliphatic carbocycles. The van der Waals surface area contributed by atoms with E-state index in [2.05, 4.69) is 14.9 Å². The van der Waals surface area contributed by atoms with Crippen LogP contribution < -0.4 is 5.32 Å². The highest BCUT2D eigenvalue weighted by atomic mass is 32.1. The van der Waals surface area contributed by atoms with Gasteiger partial charge in [-0.1, -0.05) is 18.3 Å². The zero-order valence-electron chi connectivity index (χ0n) is 11.9. The van der Waals surface area contributed by atoms with Crippen molar-refractivity contribution in [1.82, 2.24) is 9.59 Å². The van der Waals surface area contributed by atoms with Crippen LogP contribution >= 0.6 is 11.5 Å². The minimum absolute atomic E-state index is 0.112. The van der Waals surface area contributed by atoms with Gasteiger partial charge in [0, 0.05) is 5.69 Å². The first-order chi connectivity index (χ1) is 9.90. The normalized spacial score (nSPS) is 10.7. The number of amides is 1. The lowest BCUT2D eigenvalue weighted by Crippen LogP contribution is -2.13. The summed E-state index contributed by atoms with van der Waals surface area (Å²) in [6.45, 7) is 5.57. The highest BCUT2D eigenvalue weighted by molar-refractivity contribution is 7.08. The van der Waals surface area contributed by atoms with Gasteiger partial charge in [0.25, 0.3) is 5.91 Å². The summed E-state index contributed by atoms with van der Waals surface area (Å²) in [5.74, 6) is -1.16. The standard InChI is InChI=1S/C14H15N3O3S/c1-7(2)11-12(21-17-16-11)13(18)15-9-4-5-10(14(19)20)8(3)6-9/h4-7H,1-3H3,(H,15,18)(H,19,20). The highest BCUT2D eigenvalue weighted by Gasteiger charge is 2.19. The molecule has 2 rings (SSSR count). The van der Waals surface area contributed by atoms with Gasteiger partial charge in [-0.05, 0) is 48.1 Å². The van der Waals surface area contributed by atoms with Crippen LogP contribution in [0.3, 0.4) is 0 Å². The first-order valence-corrected chi connectivity index (χ1v) is 7.15. The fraction of sp³-hybridized carbons (Fsp3) is 0.286. The molecule has 0 aliphatic rings. The number of nitrogens with one attached hydrogen (secondary N) is 1. The number of aryl methyl sites for hydroxylation is 1. The summed E-state index contributed by atoms with van der Waals surface area (Å²) in [5, 5.41) is 15.7. The van der Waals surface area contributed by atoms with Gasteiger partial charge in [0.15, 0.2) is 0 Å². The van der Waals surface area contributed by atoms with Crippen molar-refractivity contribution in [3.05, 3.63) is 39.9 Å². The maximum absolute atomic E-state index is 12.2. The highest BCUT2D eigenvalue weighted by Crippen LogP contribution is 2.22. The molecule has 2 N–H and O–H groups in total. The van der Waals surface area contributed by atoms with Crippen molar-refractivity contribution in [3.8, 4) is 0 Å². The Morgan fingerprint density at radius 1 is 1.33 bits per heavy atom. The number of carboxylic acid groups (broad SMARTS) is 1. The van der Waals surface area contributed by atoms with Crippen molar-refractivity contribution in [3.63, 3.8) is 0 Å². The predicted octanol–water partition coefficient (Wildman–Crippen LogP) is 2.92. The molecule has 1 aromatic heterocycles. The lowest BCUT2D eigenvalue weighted by molar-refractivity contribution is 0.0696. The lowest BCUT2D eigenvalue weighted by Gasteiger charge is -2.08. The third kappa shape index (κ3) is 3.25. The molecule has 110 valence electrons. The molecule has 2 aromatic rings. The van der Waals surface area contributed by atoms with E-state index in [1.165, 1.54) is 6.07 Å². The number of hydrogen-bond donors (Lipinski definition) is 2. The molecule has 0 saturated carbocycles. The second-order valence-corrected chi connectivity index (χ2v) is 5.69. The van der Waals surface area contributed by atoms with Gasteiger partial charge in [0.2, 0.25) is 0 Å². The maximum atomic E-state index is 12.2. The molecule has 1 aromatic carbocycles. The first-order valence-electron chi connectivity index (χ1n) is 6.37. The van der Waals surface area contributed by atoms with Crippen molar-refractivity contribution in [1.29, 1.82) is 0 Å². The topological polar surface area (TPSA) is 92.2 Å². The van der Waals surface area contributed by atoms with Crippen LogP contribution in [0.15, 0.2) is 18.2 Å². The van der Waals surface area contributed by atoms with E-state index in [9.17, 15) is 9.59 Å². The molecule has 0 unspecified atom stereocenters. The Hall–Kier alpha value is -2.28. The van der Waals surface area contributed by atoms with Crippen LogP contribution in [0.1, 0.15) is 51.1 Å². The minimum atomic E-state index is -0.987. The van der Waals surface area contributed by atoms with Crippen LogP contribution in [0.25, 0.3) is 0 Å². The monoisotopic (exact) mass is 305 g/mol. The Labute approximate surface area is 126 Å². The fourth-order valence-corrected chi connectivity index (χ4v) is 2.62. The molecule has 21 heavy (non-hydrogen) atoms. The van der Waals surface area contributed by atoms with E-state index in [-0.39, 0.29) is 17.4 Å². The third-order valence-electron chi connectivity index (χ3n) is 2.98. The summed E-state index contributed by atoms with van der Waals surface area (Å²) in [7, 11) is 0. The van der Waals surface area contributed by atoms with E-state index >= 15 is 0 Å². The predicted molar refractivity (Wildman–Crippen MR) is 80.1 cm³/mol. The van der Waals surface area contributed by atoms with Crippen molar-refractivity contribution in [2.45, 2.75) is 26.7 Å². The van der Waals surface area contributed by atoms with Crippen LogP contribution in [-0.2, 0) is 0 Å². The molecule has 1 amide bonds. The molecule has 0 bridgehead atoms. The largest absolute Gasteiger partial charge is 0.478 e. The van der Waals surface area contributed by atoms with Crippen molar-refractivity contribution < 1.29 is 14.7 Å². The van der Waals surface area contributed by atoms with Gasteiger partial charge >= 0.3 is 5.97 Å². The number of aromatic carboxylic acids is 1. The van der Waals surface area contributed by atoms with E-state index in [0.717, 1.165) is 11.5 Å². The van der Waals surface area contributed by atoms with Crippen LogP contribution in [0.2, 0.25) is 0 Å². The summed E-state index contributed by atoms with van der Waals surface area (Å²) in [4.78, 5) is 23.7. The minimum Gasteiger partial charge on any atom is -0.478 e. The summed E-state index contributed by atoms with van der Waals surface area (Å²) in [6, 6.07) is 4.67. The van der Waals surface area contributed by atoms with E-state index in [1.54, 1.807) is 19.1 Å². The number of anilines is 1. The van der Waals surface area contributed by atoms with Gasteiger partial charge in [-0.15, -0.1) is 5.10 Å². The number of hydrogen-bond acceptors (Lipinski definition) is 5. The lowest BCUT2D eigenvalue weighted by atomic mass is 10.1. The van der Waals surface area contributed by atoms with Crippen molar-refractivity contribution >= 4 is 29.1 Å². The first kappa shape index (κ1) is 15.1. The second-order valence-electron chi connectivity index (χ2n) is 4.93. The summed E-state index contributed by atoms with van der Waals surface area (Å²) < 4.78 is 3.81. The van der Waals surface area contributed by atoms with Crippen LogP contribution in [-0.4, -0.2) is 26.6 Å². The molecular formula is C14H15N3O3S. The van der Waals surface area contributed by atoms with Gasteiger partial charge in [-0.2, -0.15) is 0 Å². The number of aromatic nitrogens is 2. The van der Waals surface area contributed by atoms with Gasteiger partial charge < -0.3 is 10.4 Å². The van der Waals surface area contributed by atoms with Crippen LogP contribution in [0.5, 0.6) is 0 Å². The number of rotatable bonds is 4. The van der Waals surface area contributed by atoms with Crippen molar-refractivity contribution in [2.75, 3.05) is 5.32 Å². The Morgan fingerprint density at radius 2 is 2.05 bits per heavy atom. The Morgan fingerprint density at radius 3 is 2.62 bits per heavy atom.